The van der Waals surface area contributed by atoms with E-state index in [1.165, 1.54) is 12.1 Å². The Hall–Kier alpha value is -3.17. The summed E-state index contributed by atoms with van der Waals surface area (Å²) in [6.07, 6.45) is 6.62. The van der Waals surface area contributed by atoms with Crippen molar-refractivity contribution in [3.63, 3.8) is 0 Å². The average molecular weight is 469 g/mol. The van der Waals surface area contributed by atoms with Gasteiger partial charge in [0.25, 0.3) is 15.9 Å². The van der Waals surface area contributed by atoms with Gasteiger partial charge in [-0.2, -0.15) is 0 Å². The van der Waals surface area contributed by atoms with Gasteiger partial charge in [-0.15, -0.1) is 0 Å². The predicted octanol–water partition coefficient (Wildman–Crippen LogP) is 4.29. The normalized spacial score (nSPS) is 15.9. The molecule has 0 spiro atoms. The number of benzene rings is 2. The second-order valence-electron chi connectivity index (χ2n) is 7.59. The number of nitrogens with one attached hydrogen (secondary N) is 2. The summed E-state index contributed by atoms with van der Waals surface area (Å²) in [5.74, 6) is -0.268. The van der Waals surface area contributed by atoms with Crippen molar-refractivity contribution >= 4 is 33.8 Å². The summed E-state index contributed by atoms with van der Waals surface area (Å²) >= 11 is 1.28. The van der Waals surface area contributed by atoms with E-state index >= 15 is 0 Å². The van der Waals surface area contributed by atoms with Crippen LogP contribution in [0.3, 0.4) is 0 Å². The fourth-order valence-corrected chi connectivity index (χ4v) is 5.49. The van der Waals surface area contributed by atoms with Crippen molar-refractivity contribution in [3.8, 4) is 0 Å². The molecule has 7 nitrogen and oxygen atoms in total. The number of hydrogen-bond donors (Lipinski definition) is 2. The highest BCUT2D eigenvalue weighted by Crippen LogP contribution is 2.34. The fourth-order valence-electron chi connectivity index (χ4n) is 3.51. The third kappa shape index (κ3) is 4.26. The van der Waals surface area contributed by atoms with Crippen LogP contribution in [0, 0.1) is 6.92 Å². The smallest absolute Gasteiger partial charge is 0.264 e. The summed E-state index contributed by atoms with van der Waals surface area (Å²) in [6, 6.07) is 14.7. The Balaban J connectivity index is 1.65. The SMILES string of the molecule is Cc1ccc(C(=O)N(C)[C@H](C)c2ccccc2)c(NS(=O)(=O)C2=CC=CN3SNC=C23)c1. The molecule has 2 aromatic carbocycles. The number of carbonyl (C=O) groups excluding carboxylic acids is 1. The zero-order valence-electron chi connectivity index (χ0n) is 17.9. The largest absolute Gasteiger partial charge is 0.335 e. The molecule has 2 aliphatic rings. The van der Waals surface area contributed by atoms with Crippen LogP contribution in [0.2, 0.25) is 0 Å². The van der Waals surface area contributed by atoms with Gasteiger partial charge in [0.2, 0.25) is 0 Å². The molecule has 0 radical (unpaired) electrons. The Morgan fingerprint density at radius 2 is 1.94 bits per heavy atom. The van der Waals surface area contributed by atoms with Crippen molar-refractivity contribution in [2.24, 2.45) is 0 Å². The molecule has 0 bridgehead atoms. The maximum atomic E-state index is 13.4. The topological polar surface area (TPSA) is 81.8 Å². The van der Waals surface area contributed by atoms with Crippen molar-refractivity contribution in [1.29, 1.82) is 0 Å². The van der Waals surface area contributed by atoms with Crippen LogP contribution >= 0.6 is 12.1 Å². The minimum atomic E-state index is -3.94. The highest BCUT2D eigenvalue weighted by Gasteiger charge is 2.31. The molecule has 2 aromatic rings. The number of anilines is 1. The molecule has 4 rings (SSSR count). The van der Waals surface area contributed by atoms with E-state index in [-0.39, 0.29) is 22.5 Å². The minimum Gasteiger partial charge on any atom is -0.335 e. The molecule has 1 atom stereocenters. The zero-order chi connectivity index (χ0) is 22.9. The number of nitrogens with zero attached hydrogens (tertiary/aromatic N) is 2. The van der Waals surface area contributed by atoms with Crippen LogP contribution in [0.4, 0.5) is 5.69 Å². The van der Waals surface area contributed by atoms with Gasteiger partial charge in [0.05, 0.1) is 35.1 Å². The molecule has 0 fully saturated rings. The quantitative estimate of drug-likeness (QED) is 0.616. The molecular weight excluding hydrogens is 444 g/mol. The molecule has 9 heteroatoms. The lowest BCUT2D eigenvalue weighted by Crippen LogP contribution is -2.31. The molecule has 0 aromatic heterocycles. The van der Waals surface area contributed by atoms with Gasteiger partial charge < -0.3 is 9.62 Å². The third-order valence-corrected chi connectivity index (χ3v) is 7.58. The predicted molar refractivity (Wildman–Crippen MR) is 129 cm³/mol. The maximum Gasteiger partial charge on any atom is 0.264 e. The minimum absolute atomic E-state index is 0.128. The van der Waals surface area contributed by atoms with E-state index in [1.54, 1.807) is 59.0 Å². The molecule has 0 aliphatic carbocycles. The number of sulfonamides is 1. The van der Waals surface area contributed by atoms with E-state index < -0.39 is 10.0 Å². The van der Waals surface area contributed by atoms with Gasteiger partial charge in [-0.1, -0.05) is 36.4 Å². The summed E-state index contributed by atoms with van der Waals surface area (Å²) in [5, 5.41) is 0. The first kappa shape index (κ1) is 22.0. The molecule has 0 saturated heterocycles. The Morgan fingerprint density at radius 1 is 1.19 bits per heavy atom. The summed E-state index contributed by atoms with van der Waals surface area (Å²) in [7, 11) is -2.22. The molecular formula is C23H24N4O3S2. The van der Waals surface area contributed by atoms with Crippen LogP contribution in [0.25, 0.3) is 0 Å². The Kier molecular flexibility index (Phi) is 6.03. The number of allylic oxidation sites excluding steroid dienone is 2. The number of hydrogen-bond acceptors (Lipinski definition) is 6. The van der Waals surface area contributed by atoms with Crippen LogP contribution in [0.1, 0.15) is 34.5 Å². The van der Waals surface area contributed by atoms with Gasteiger partial charge in [-0.25, -0.2) is 8.42 Å². The second kappa shape index (κ2) is 8.76. The molecule has 32 heavy (non-hydrogen) atoms. The van der Waals surface area contributed by atoms with Gasteiger partial charge in [0, 0.05) is 19.4 Å². The molecule has 166 valence electrons. The zero-order valence-corrected chi connectivity index (χ0v) is 19.6. The second-order valence-corrected chi connectivity index (χ2v) is 10.1. The van der Waals surface area contributed by atoms with Gasteiger partial charge in [-0.05, 0) is 49.3 Å². The van der Waals surface area contributed by atoms with Crippen LogP contribution in [-0.4, -0.2) is 30.6 Å². The first-order chi connectivity index (χ1) is 15.3. The van der Waals surface area contributed by atoms with Crippen LogP contribution in [-0.2, 0) is 10.0 Å². The highest BCUT2D eigenvalue weighted by molar-refractivity contribution is 7.97. The number of amides is 1. The first-order valence-electron chi connectivity index (χ1n) is 10.0. The van der Waals surface area contributed by atoms with Gasteiger partial charge in [-0.3, -0.25) is 13.8 Å². The third-order valence-electron chi connectivity index (χ3n) is 5.43. The van der Waals surface area contributed by atoms with Crippen molar-refractivity contribution < 1.29 is 13.2 Å². The summed E-state index contributed by atoms with van der Waals surface area (Å²) in [4.78, 5) is 15.1. The molecule has 2 aliphatic heterocycles. The van der Waals surface area contributed by atoms with Gasteiger partial charge in [0.15, 0.2) is 0 Å². The lowest BCUT2D eigenvalue weighted by Gasteiger charge is -2.27. The van der Waals surface area contributed by atoms with E-state index in [9.17, 15) is 13.2 Å². The number of fused-ring (bicyclic) bond motifs is 1. The molecule has 2 heterocycles. The fraction of sp³-hybridized carbons (Fsp3) is 0.174. The van der Waals surface area contributed by atoms with Crippen molar-refractivity contribution in [1.82, 2.24) is 13.9 Å². The highest BCUT2D eigenvalue weighted by atomic mass is 32.2. The summed E-state index contributed by atoms with van der Waals surface area (Å²) < 4.78 is 33.9. The standard InChI is InChI=1S/C23H24N4O3S2/c1-16-11-12-19(23(28)26(3)17(2)18-8-5-4-6-9-18)20(14-16)25-32(29,30)22-10-7-13-27-21(22)15-24-31-27/h4-15,17,24-25H,1-3H3/t17-/m1/s1. The lowest BCUT2D eigenvalue weighted by molar-refractivity contribution is 0.0743. The van der Waals surface area contributed by atoms with E-state index in [2.05, 4.69) is 9.44 Å². The summed E-state index contributed by atoms with van der Waals surface area (Å²) in [6.45, 7) is 3.79. The van der Waals surface area contributed by atoms with Crippen molar-refractivity contribution in [3.05, 3.63) is 100 Å². The van der Waals surface area contributed by atoms with E-state index in [0.29, 0.717) is 11.3 Å². The van der Waals surface area contributed by atoms with Crippen LogP contribution in [0.15, 0.2) is 83.7 Å². The molecule has 0 saturated carbocycles. The van der Waals surface area contributed by atoms with E-state index in [0.717, 1.165) is 11.1 Å². The van der Waals surface area contributed by atoms with Crippen LogP contribution in [0.5, 0.6) is 0 Å². The lowest BCUT2D eigenvalue weighted by atomic mass is 10.0. The van der Waals surface area contributed by atoms with Gasteiger partial charge in [0.1, 0.15) is 4.91 Å². The number of carbonyl (C=O) groups is 1. The van der Waals surface area contributed by atoms with Gasteiger partial charge >= 0.3 is 0 Å². The Morgan fingerprint density at radius 3 is 2.69 bits per heavy atom. The Bertz CT molecular complexity index is 1240. The Labute approximate surface area is 192 Å². The average Bonchev–Trinajstić information content (AvgIpc) is 3.27. The monoisotopic (exact) mass is 468 g/mol. The summed E-state index contributed by atoms with van der Waals surface area (Å²) in [5.41, 5.74) is 2.91. The van der Waals surface area contributed by atoms with E-state index in [1.807, 2.05) is 44.2 Å². The van der Waals surface area contributed by atoms with Crippen LogP contribution < -0.4 is 9.44 Å². The van der Waals surface area contributed by atoms with Crippen molar-refractivity contribution in [2.45, 2.75) is 19.9 Å². The number of rotatable bonds is 6. The number of aryl methyl sites for hydroxylation is 1. The van der Waals surface area contributed by atoms with Crippen molar-refractivity contribution in [2.75, 3.05) is 11.8 Å². The molecule has 2 N–H and O–H groups in total. The van der Waals surface area contributed by atoms with E-state index in [4.69, 9.17) is 0 Å². The molecule has 1 amide bonds. The maximum absolute atomic E-state index is 13.4. The molecule has 0 unspecified atom stereocenters. The first-order valence-corrected chi connectivity index (χ1v) is 12.3.